The van der Waals surface area contributed by atoms with Crippen LogP contribution in [0.15, 0.2) is 79.1 Å². The Bertz CT molecular complexity index is 627. The van der Waals surface area contributed by atoms with Gasteiger partial charge in [-0.25, -0.2) is 0 Å². The van der Waals surface area contributed by atoms with Crippen LogP contribution in [0.4, 0.5) is 0 Å². The van der Waals surface area contributed by atoms with E-state index in [1.807, 2.05) is 79.7 Å². The molecular weight excluding hydrogens is 272 g/mol. The molecule has 2 heteroatoms. The number of ether oxygens (including phenoxy) is 1. The Morgan fingerprint density at radius 1 is 1.05 bits per heavy atom. The first-order chi connectivity index (χ1) is 10.8. The van der Waals surface area contributed by atoms with Crippen molar-refractivity contribution in [3.8, 4) is 0 Å². The van der Waals surface area contributed by atoms with Crippen LogP contribution in [0.1, 0.15) is 30.4 Å². The van der Waals surface area contributed by atoms with E-state index in [4.69, 9.17) is 4.74 Å². The number of rotatable bonds is 6. The molecule has 0 amide bonds. The molecule has 0 heterocycles. The molecule has 112 valence electrons. The number of hydrogen-bond acceptors (Lipinski definition) is 2. The van der Waals surface area contributed by atoms with Gasteiger partial charge >= 0.3 is 5.97 Å². The van der Waals surface area contributed by atoms with Gasteiger partial charge in [-0.15, -0.1) is 0 Å². The highest BCUT2D eigenvalue weighted by molar-refractivity contribution is 5.79. The van der Waals surface area contributed by atoms with Crippen molar-refractivity contribution in [3.63, 3.8) is 0 Å². The Kier molecular flexibility index (Phi) is 6.18. The molecule has 2 aromatic rings. The molecule has 0 bridgehead atoms. The molecule has 0 aliphatic carbocycles. The van der Waals surface area contributed by atoms with Crippen LogP contribution < -0.4 is 0 Å². The summed E-state index contributed by atoms with van der Waals surface area (Å²) in [7, 11) is 0. The van der Waals surface area contributed by atoms with E-state index in [0.29, 0.717) is 6.42 Å². The second kappa shape index (κ2) is 8.63. The molecule has 1 unspecified atom stereocenters. The van der Waals surface area contributed by atoms with Crippen LogP contribution in [0.2, 0.25) is 0 Å². The lowest BCUT2D eigenvalue weighted by molar-refractivity contribution is -0.139. The highest BCUT2D eigenvalue weighted by atomic mass is 16.5. The molecule has 0 spiro atoms. The van der Waals surface area contributed by atoms with Crippen molar-refractivity contribution < 1.29 is 9.53 Å². The third-order valence-electron chi connectivity index (χ3n) is 3.29. The summed E-state index contributed by atoms with van der Waals surface area (Å²) in [5.41, 5.74) is 2.09. The van der Waals surface area contributed by atoms with Gasteiger partial charge in [-0.1, -0.05) is 78.9 Å². The summed E-state index contributed by atoms with van der Waals surface area (Å²) in [6, 6.07) is 19.8. The van der Waals surface area contributed by atoms with Crippen molar-refractivity contribution >= 4 is 12.0 Å². The quantitative estimate of drug-likeness (QED) is 0.556. The number of hydrogen-bond donors (Lipinski definition) is 0. The van der Waals surface area contributed by atoms with Gasteiger partial charge in [-0.05, 0) is 24.5 Å². The molecule has 0 fully saturated rings. The predicted octanol–water partition coefficient (Wildman–Crippen LogP) is 4.95. The summed E-state index contributed by atoms with van der Waals surface area (Å²) in [5.74, 6) is -0.528. The van der Waals surface area contributed by atoms with E-state index in [1.165, 1.54) is 6.26 Å². The van der Waals surface area contributed by atoms with E-state index in [-0.39, 0.29) is 11.9 Å². The molecule has 0 radical (unpaired) electrons. The Labute approximate surface area is 131 Å². The van der Waals surface area contributed by atoms with Crippen molar-refractivity contribution in [3.05, 3.63) is 90.2 Å². The van der Waals surface area contributed by atoms with E-state index in [9.17, 15) is 4.79 Å². The van der Waals surface area contributed by atoms with Crippen molar-refractivity contribution in [2.45, 2.75) is 19.3 Å². The summed E-state index contributed by atoms with van der Waals surface area (Å²) in [6.07, 6.45) is 7.79. The van der Waals surface area contributed by atoms with E-state index >= 15 is 0 Å². The lowest BCUT2D eigenvalue weighted by Gasteiger charge is -2.13. The number of benzene rings is 2. The van der Waals surface area contributed by atoms with Crippen LogP contribution in [0.3, 0.4) is 0 Å². The first-order valence-corrected chi connectivity index (χ1v) is 7.39. The van der Waals surface area contributed by atoms with E-state index in [0.717, 1.165) is 11.1 Å². The van der Waals surface area contributed by atoms with Crippen LogP contribution in [0.25, 0.3) is 6.08 Å². The molecule has 0 aromatic heterocycles. The van der Waals surface area contributed by atoms with Crippen molar-refractivity contribution in [2.24, 2.45) is 0 Å². The summed E-state index contributed by atoms with van der Waals surface area (Å²) in [4.78, 5) is 12.2. The predicted molar refractivity (Wildman–Crippen MR) is 90.2 cm³/mol. The molecule has 2 aromatic carbocycles. The minimum absolute atomic E-state index is 0.234. The average Bonchev–Trinajstić information content (AvgIpc) is 2.58. The van der Waals surface area contributed by atoms with Crippen LogP contribution >= 0.6 is 0 Å². The molecule has 0 aliphatic rings. The maximum atomic E-state index is 12.2. The van der Waals surface area contributed by atoms with Gasteiger partial charge in [0, 0.05) is 0 Å². The van der Waals surface area contributed by atoms with E-state index in [1.54, 1.807) is 6.08 Å². The third kappa shape index (κ3) is 4.74. The van der Waals surface area contributed by atoms with Gasteiger partial charge in [-0.3, -0.25) is 4.79 Å². The number of allylic oxidation sites excluding steroid dienone is 2. The Hall–Kier alpha value is -2.61. The average molecular weight is 292 g/mol. The first kappa shape index (κ1) is 15.8. The van der Waals surface area contributed by atoms with E-state index in [2.05, 4.69) is 0 Å². The summed E-state index contributed by atoms with van der Waals surface area (Å²) in [6.45, 7) is 1.82. The second-order valence-electron chi connectivity index (χ2n) is 4.92. The molecule has 0 aliphatic heterocycles. The minimum Gasteiger partial charge on any atom is -0.434 e. The van der Waals surface area contributed by atoms with Gasteiger partial charge in [-0.2, -0.15) is 0 Å². The van der Waals surface area contributed by atoms with Crippen LogP contribution in [0.5, 0.6) is 0 Å². The van der Waals surface area contributed by atoms with Gasteiger partial charge in [0.1, 0.15) is 0 Å². The number of carbonyl (C=O) groups is 1. The maximum absolute atomic E-state index is 12.2. The van der Waals surface area contributed by atoms with Gasteiger partial charge in [0.25, 0.3) is 0 Å². The van der Waals surface area contributed by atoms with Crippen molar-refractivity contribution in [1.29, 1.82) is 0 Å². The largest absolute Gasteiger partial charge is 0.434 e. The normalized spacial score (nSPS) is 12.6. The topological polar surface area (TPSA) is 26.3 Å². The van der Waals surface area contributed by atoms with Crippen LogP contribution in [-0.2, 0) is 9.53 Å². The second-order valence-corrected chi connectivity index (χ2v) is 4.92. The highest BCUT2D eigenvalue weighted by Crippen LogP contribution is 2.22. The zero-order chi connectivity index (χ0) is 15.6. The molecule has 0 saturated carbocycles. The van der Waals surface area contributed by atoms with Crippen molar-refractivity contribution in [2.75, 3.05) is 0 Å². The molecule has 1 atom stereocenters. The maximum Gasteiger partial charge on any atom is 0.318 e. The number of carbonyl (C=O) groups excluding carboxylic acids is 1. The molecule has 2 nitrogen and oxygen atoms in total. The lowest BCUT2D eigenvalue weighted by atomic mass is 9.95. The molecule has 22 heavy (non-hydrogen) atoms. The number of esters is 1. The smallest absolute Gasteiger partial charge is 0.318 e. The molecule has 0 saturated heterocycles. The monoisotopic (exact) mass is 292 g/mol. The standard InChI is InChI=1S/C20H20O2/c1-2-16-22-20(21)19(18-13-7-4-8-14-18)15-9-12-17-10-5-3-6-11-17/h2-14,16,19H,15H2,1H3. The summed E-state index contributed by atoms with van der Waals surface area (Å²) >= 11 is 0. The van der Waals surface area contributed by atoms with Crippen LogP contribution in [-0.4, -0.2) is 5.97 Å². The van der Waals surface area contributed by atoms with Gasteiger partial charge in [0.05, 0.1) is 12.2 Å². The summed E-state index contributed by atoms with van der Waals surface area (Å²) < 4.78 is 5.16. The fourth-order valence-corrected chi connectivity index (χ4v) is 2.18. The van der Waals surface area contributed by atoms with E-state index < -0.39 is 0 Å². The molecular formula is C20H20O2. The Balaban J connectivity index is 2.11. The van der Waals surface area contributed by atoms with Crippen molar-refractivity contribution in [1.82, 2.24) is 0 Å². The zero-order valence-electron chi connectivity index (χ0n) is 12.7. The minimum atomic E-state index is -0.294. The molecule has 0 N–H and O–H groups in total. The highest BCUT2D eigenvalue weighted by Gasteiger charge is 2.20. The Morgan fingerprint density at radius 3 is 2.32 bits per heavy atom. The SMILES string of the molecule is CC=COC(=O)C(CC=Cc1ccccc1)c1ccccc1. The Morgan fingerprint density at radius 2 is 1.68 bits per heavy atom. The summed E-state index contributed by atoms with van der Waals surface area (Å²) in [5, 5.41) is 0. The fourth-order valence-electron chi connectivity index (χ4n) is 2.18. The first-order valence-electron chi connectivity index (χ1n) is 7.39. The third-order valence-corrected chi connectivity index (χ3v) is 3.29. The van der Waals surface area contributed by atoms with Gasteiger partial charge in [0.15, 0.2) is 0 Å². The lowest BCUT2D eigenvalue weighted by Crippen LogP contribution is -2.13. The zero-order valence-corrected chi connectivity index (χ0v) is 12.7. The fraction of sp³-hybridized carbons (Fsp3) is 0.150. The van der Waals surface area contributed by atoms with Gasteiger partial charge < -0.3 is 4.74 Å². The van der Waals surface area contributed by atoms with Crippen LogP contribution in [0, 0.1) is 0 Å². The molecule has 2 rings (SSSR count). The van der Waals surface area contributed by atoms with Gasteiger partial charge in [0.2, 0.25) is 0 Å².